The average Bonchev–Trinajstić information content (AvgIpc) is 2.67. The molecule has 1 aliphatic heterocycles. The molecule has 1 saturated heterocycles. The van der Waals surface area contributed by atoms with E-state index in [0.717, 1.165) is 16.5 Å². The average molecular weight is 341 g/mol. The van der Waals surface area contributed by atoms with Crippen LogP contribution in [0, 0.1) is 0 Å². The van der Waals surface area contributed by atoms with Crippen molar-refractivity contribution >= 4 is 27.9 Å². The molecule has 1 aromatic carbocycles. The molecule has 5 nitrogen and oxygen atoms in total. The third-order valence-electron chi connectivity index (χ3n) is 3.26. The van der Waals surface area contributed by atoms with Crippen LogP contribution >= 0.6 is 15.9 Å². The maximum Gasteiger partial charge on any atom is 0.325 e. The number of nitrogens with zero attached hydrogens (tertiary/aromatic N) is 1. The lowest BCUT2D eigenvalue weighted by molar-refractivity contribution is -0.128. The molecule has 3 amide bonds. The van der Waals surface area contributed by atoms with Gasteiger partial charge in [-0.1, -0.05) is 29.3 Å². The van der Waals surface area contributed by atoms with Crippen molar-refractivity contribution in [2.24, 2.45) is 0 Å². The van der Waals surface area contributed by atoms with Crippen LogP contribution < -0.4 is 10.1 Å². The molecule has 2 rings (SSSR count). The summed E-state index contributed by atoms with van der Waals surface area (Å²) < 4.78 is 6.14. The van der Waals surface area contributed by atoms with Gasteiger partial charge >= 0.3 is 6.03 Å². The van der Waals surface area contributed by atoms with Crippen LogP contribution in [0.3, 0.4) is 0 Å². The first-order valence-electron chi connectivity index (χ1n) is 6.51. The van der Waals surface area contributed by atoms with Crippen molar-refractivity contribution in [3.63, 3.8) is 0 Å². The van der Waals surface area contributed by atoms with Gasteiger partial charge < -0.3 is 10.1 Å². The van der Waals surface area contributed by atoms with Crippen LogP contribution in [0.2, 0.25) is 0 Å². The number of imide groups is 1. The summed E-state index contributed by atoms with van der Waals surface area (Å²) in [4.78, 5) is 25.3. The molecule has 0 bridgehead atoms. The molecular weight excluding hydrogens is 324 g/mol. The van der Waals surface area contributed by atoms with E-state index in [0.29, 0.717) is 12.2 Å². The number of rotatable bonds is 5. The van der Waals surface area contributed by atoms with Crippen molar-refractivity contribution in [1.29, 1.82) is 0 Å². The summed E-state index contributed by atoms with van der Waals surface area (Å²) in [5.41, 5.74) is 0.794. The number of methoxy groups -OCH3 is 1. The van der Waals surface area contributed by atoms with Gasteiger partial charge in [-0.05, 0) is 24.6 Å². The van der Waals surface area contributed by atoms with E-state index in [-0.39, 0.29) is 18.5 Å². The molecule has 20 heavy (non-hydrogen) atoms. The first kappa shape index (κ1) is 14.8. The molecule has 0 spiro atoms. The lowest BCUT2D eigenvalue weighted by Gasteiger charge is -2.15. The second kappa shape index (κ2) is 6.26. The highest BCUT2D eigenvalue weighted by atomic mass is 79.9. The fraction of sp³-hybridized carbons (Fsp3) is 0.429. The van der Waals surface area contributed by atoms with Crippen LogP contribution in [-0.2, 0) is 11.3 Å². The maximum atomic E-state index is 12.2. The summed E-state index contributed by atoms with van der Waals surface area (Å²) >= 11 is 3.38. The number of hydrogen-bond donors (Lipinski definition) is 1. The molecule has 0 saturated carbocycles. The first-order chi connectivity index (χ1) is 9.56. The van der Waals surface area contributed by atoms with Crippen molar-refractivity contribution in [3.05, 3.63) is 28.2 Å². The fourth-order valence-electron chi connectivity index (χ4n) is 2.25. The normalized spacial score (nSPS) is 18.4. The summed E-state index contributed by atoms with van der Waals surface area (Å²) in [6.45, 7) is 2.20. The van der Waals surface area contributed by atoms with Crippen molar-refractivity contribution in [3.8, 4) is 5.75 Å². The molecule has 1 fully saturated rings. The zero-order valence-corrected chi connectivity index (χ0v) is 13.1. The molecule has 1 atom stereocenters. The Bertz CT molecular complexity index is 533. The van der Waals surface area contributed by atoms with Gasteiger partial charge in [0, 0.05) is 10.0 Å². The molecule has 0 radical (unpaired) electrons. The van der Waals surface area contributed by atoms with Gasteiger partial charge in [-0.15, -0.1) is 0 Å². The van der Waals surface area contributed by atoms with Crippen LogP contribution in [0.1, 0.15) is 25.3 Å². The largest absolute Gasteiger partial charge is 0.496 e. The number of benzene rings is 1. The Morgan fingerprint density at radius 1 is 1.40 bits per heavy atom. The van der Waals surface area contributed by atoms with E-state index in [1.807, 2.05) is 19.1 Å². The number of carbonyl (C=O) groups is 2. The predicted molar refractivity (Wildman–Crippen MR) is 78.5 cm³/mol. The standard InChI is InChI=1S/C14H17BrN2O3/c1-3-4-11-13(18)17(14(19)16-11)8-9-7-10(15)5-6-12(9)20-2/h5-7,11H,3-4,8H2,1-2H3,(H,16,19). The second-order valence-electron chi connectivity index (χ2n) is 4.67. The zero-order chi connectivity index (χ0) is 14.7. The first-order valence-corrected chi connectivity index (χ1v) is 7.30. The molecule has 1 N–H and O–H groups in total. The van der Waals surface area contributed by atoms with Crippen LogP contribution in [0.15, 0.2) is 22.7 Å². The summed E-state index contributed by atoms with van der Waals surface area (Å²) in [5.74, 6) is 0.492. The minimum atomic E-state index is -0.398. The number of hydrogen-bond acceptors (Lipinski definition) is 3. The highest BCUT2D eigenvalue weighted by molar-refractivity contribution is 9.10. The van der Waals surface area contributed by atoms with E-state index in [1.54, 1.807) is 13.2 Å². The van der Waals surface area contributed by atoms with Crippen molar-refractivity contribution < 1.29 is 14.3 Å². The zero-order valence-electron chi connectivity index (χ0n) is 11.5. The Labute approximate surface area is 126 Å². The SMILES string of the molecule is CCCC1NC(=O)N(Cc2cc(Br)ccc2OC)C1=O. The van der Waals surface area contributed by atoms with E-state index in [9.17, 15) is 9.59 Å². The monoisotopic (exact) mass is 340 g/mol. The minimum Gasteiger partial charge on any atom is -0.496 e. The second-order valence-corrected chi connectivity index (χ2v) is 5.59. The quantitative estimate of drug-likeness (QED) is 0.838. The Kier molecular flexibility index (Phi) is 4.65. The highest BCUT2D eigenvalue weighted by Crippen LogP contribution is 2.25. The molecule has 0 aliphatic carbocycles. The molecule has 6 heteroatoms. The van der Waals surface area contributed by atoms with Gasteiger partial charge in [-0.2, -0.15) is 0 Å². The number of amides is 3. The topological polar surface area (TPSA) is 58.6 Å². The molecule has 1 heterocycles. The van der Waals surface area contributed by atoms with E-state index >= 15 is 0 Å². The van der Waals surface area contributed by atoms with E-state index in [4.69, 9.17) is 4.74 Å². The summed E-state index contributed by atoms with van der Waals surface area (Å²) in [7, 11) is 1.57. The predicted octanol–water partition coefficient (Wildman–Crippen LogP) is 2.68. The van der Waals surface area contributed by atoms with Crippen LogP contribution in [-0.4, -0.2) is 30.0 Å². The maximum absolute atomic E-state index is 12.2. The molecular formula is C14H17BrN2O3. The fourth-order valence-corrected chi connectivity index (χ4v) is 2.66. The van der Waals surface area contributed by atoms with Gasteiger partial charge in [0.2, 0.25) is 0 Å². The minimum absolute atomic E-state index is 0.168. The van der Waals surface area contributed by atoms with E-state index < -0.39 is 6.04 Å². The number of ether oxygens (including phenoxy) is 1. The lowest BCUT2D eigenvalue weighted by Crippen LogP contribution is -2.31. The highest BCUT2D eigenvalue weighted by Gasteiger charge is 2.37. The van der Waals surface area contributed by atoms with Gasteiger partial charge in [-0.25, -0.2) is 4.79 Å². The summed E-state index contributed by atoms with van der Waals surface area (Å²) in [6.07, 6.45) is 1.52. The van der Waals surface area contributed by atoms with Gasteiger partial charge in [0.25, 0.3) is 5.91 Å². The van der Waals surface area contributed by atoms with Gasteiger partial charge in [-0.3, -0.25) is 9.69 Å². The third-order valence-corrected chi connectivity index (χ3v) is 3.75. The Morgan fingerprint density at radius 3 is 2.80 bits per heavy atom. The van der Waals surface area contributed by atoms with E-state index in [2.05, 4.69) is 21.2 Å². The molecule has 1 aromatic rings. The van der Waals surface area contributed by atoms with Crippen LogP contribution in [0.5, 0.6) is 5.75 Å². The summed E-state index contributed by atoms with van der Waals surface area (Å²) in [5, 5.41) is 2.71. The summed E-state index contributed by atoms with van der Waals surface area (Å²) in [6, 6.07) is 4.78. The number of urea groups is 1. The Hall–Kier alpha value is -1.56. The molecule has 1 aliphatic rings. The number of halogens is 1. The van der Waals surface area contributed by atoms with Gasteiger partial charge in [0.15, 0.2) is 0 Å². The van der Waals surface area contributed by atoms with E-state index in [1.165, 1.54) is 4.90 Å². The smallest absolute Gasteiger partial charge is 0.325 e. The van der Waals surface area contributed by atoms with Crippen LogP contribution in [0.4, 0.5) is 4.79 Å². The Morgan fingerprint density at radius 2 is 2.15 bits per heavy atom. The number of nitrogens with one attached hydrogen (secondary N) is 1. The Balaban J connectivity index is 2.19. The number of carbonyl (C=O) groups excluding carboxylic acids is 2. The van der Waals surface area contributed by atoms with Crippen molar-refractivity contribution in [2.45, 2.75) is 32.4 Å². The third kappa shape index (κ3) is 2.95. The van der Waals surface area contributed by atoms with Crippen molar-refractivity contribution in [2.75, 3.05) is 7.11 Å². The van der Waals surface area contributed by atoms with Gasteiger partial charge in [0.05, 0.1) is 13.7 Å². The van der Waals surface area contributed by atoms with Gasteiger partial charge in [0.1, 0.15) is 11.8 Å². The lowest BCUT2D eigenvalue weighted by atomic mass is 10.1. The molecule has 108 valence electrons. The molecule has 1 unspecified atom stereocenters. The van der Waals surface area contributed by atoms with Crippen LogP contribution in [0.25, 0.3) is 0 Å². The van der Waals surface area contributed by atoms with Crippen molar-refractivity contribution in [1.82, 2.24) is 10.2 Å². The molecule has 0 aromatic heterocycles.